The van der Waals surface area contributed by atoms with E-state index in [-0.39, 0.29) is 23.8 Å². The van der Waals surface area contributed by atoms with Crippen LogP contribution in [0.4, 0.5) is 5.69 Å². The number of aryl methyl sites for hydroxylation is 2. The predicted octanol–water partition coefficient (Wildman–Crippen LogP) is 1.82. The summed E-state index contributed by atoms with van der Waals surface area (Å²) in [6.45, 7) is 1.83. The standard InChI is InChI=1S/C19H24N2O3/c22-18-10-15(19(23)20-11-17-5-2-8-24-17)12-21(18)16-7-6-13-3-1-4-14(13)9-16/h6-7,9,15,17H,1-5,8,10-12H2,(H,20,23)/t15-,17+/m1/s1. The normalized spacial score (nSPS) is 26.0. The number of carbonyl (C=O) groups is 2. The Morgan fingerprint density at radius 3 is 2.96 bits per heavy atom. The number of rotatable bonds is 4. The van der Waals surface area contributed by atoms with Crippen LogP contribution in [0.15, 0.2) is 18.2 Å². The van der Waals surface area contributed by atoms with Crippen molar-refractivity contribution in [1.82, 2.24) is 5.32 Å². The first kappa shape index (κ1) is 15.6. The predicted molar refractivity (Wildman–Crippen MR) is 90.9 cm³/mol. The monoisotopic (exact) mass is 328 g/mol. The largest absolute Gasteiger partial charge is 0.376 e. The Morgan fingerprint density at radius 2 is 2.12 bits per heavy atom. The lowest BCUT2D eigenvalue weighted by Gasteiger charge is -2.18. The zero-order valence-electron chi connectivity index (χ0n) is 13.9. The molecule has 2 heterocycles. The Kier molecular flexibility index (Phi) is 4.27. The summed E-state index contributed by atoms with van der Waals surface area (Å²) >= 11 is 0. The molecule has 2 atom stereocenters. The molecule has 2 saturated heterocycles. The van der Waals surface area contributed by atoms with Gasteiger partial charge in [-0.3, -0.25) is 9.59 Å². The number of fused-ring (bicyclic) bond motifs is 1. The van der Waals surface area contributed by atoms with Gasteiger partial charge in [0, 0.05) is 31.8 Å². The maximum Gasteiger partial charge on any atom is 0.227 e. The van der Waals surface area contributed by atoms with Gasteiger partial charge < -0.3 is 15.0 Å². The molecule has 3 aliphatic rings. The third-order valence-corrected chi connectivity index (χ3v) is 5.42. The summed E-state index contributed by atoms with van der Waals surface area (Å²) in [5, 5.41) is 2.96. The molecule has 1 N–H and O–H groups in total. The number of hydrogen-bond acceptors (Lipinski definition) is 3. The zero-order chi connectivity index (χ0) is 16.5. The molecule has 2 fully saturated rings. The molecule has 0 spiro atoms. The molecule has 128 valence electrons. The molecule has 0 saturated carbocycles. The smallest absolute Gasteiger partial charge is 0.227 e. The second-order valence-electron chi connectivity index (χ2n) is 7.09. The summed E-state index contributed by atoms with van der Waals surface area (Å²) in [5.41, 5.74) is 3.69. The molecule has 2 amide bonds. The first-order valence-electron chi connectivity index (χ1n) is 9.02. The van der Waals surface area contributed by atoms with Crippen LogP contribution in [0.3, 0.4) is 0 Å². The Balaban J connectivity index is 1.38. The van der Waals surface area contributed by atoms with E-state index in [4.69, 9.17) is 4.74 Å². The molecule has 1 aromatic rings. The van der Waals surface area contributed by atoms with Gasteiger partial charge in [0.15, 0.2) is 0 Å². The van der Waals surface area contributed by atoms with Crippen molar-refractivity contribution in [3.8, 4) is 0 Å². The highest BCUT2D eigenvalue weighted by Crippen LogP contribution is 2.30. The first-order chi connectivity index (χ1) is 11.7. The van der Waals surface area contributed by atoms with Crippen molar-refractivity contribution in [2.45, 2.75) is 44.6 Å². The van der Waals surface area contributed by atoms with Crippen molar-refractivity contribution in [2.24, 2.45) is 5.92 Å². The van der Waals surface area contributed by atoms with Crippen LogP contribution in [0.1, 0.15) is 36.8 Å². The van der Waals surface area contributed by atoms with Crippen molar-refractivity contribution in [2.75, 3.05) is 24.6 Å². The van der Waals surface area contributed by atoms with Gasteiger partial charge in [-0.1, -0.05) is 6.07 Å². The second kappa shape index (κ2) is 6.55. The van der Waals surface area contributed by atoms with E-state index in [1.165, 1.54) is 17.5 Å². The van der Waals surface area contributed by atoms with Crippen LogP contribution in [0.25, 0.3) is 0 Å². The molecular formula is C19H24N2O3. The fourth-order valence-electron chi connectivity index (χ4n) is 4.02. The van der Waals surface area contributed by atoms with E-state index >= 15 is 0 Å². The minimum absolute atomic E-state index is 0.0255. The summed E-state index contributed by atoms with van der Waals surface area (Å²) in [6, 6.07) is 6.29. The average Bonchev–Trinajstić information content (AvgIpc) is 3.32. The Hall–Kier alpha value is -1.88. The van der Waals surface area contributed by atoms with Crippen molar-refractivity contribution in [1.29, 1.82) is 0 Å². The van der Waals surface area contributed by atoms with Crippen LogP contribution in [0.5, 0.6) is 0 Å². The lowest BCUT2D eigenvalue weighted by Crippen LogP contribution is -2.37. The Bertz CT molecular complexity index is 652. The molecule has 5 nitrogen and oxygen atoms in total. The van der Waals surface area contributed by atoms with E-state index in [0.29, 0.717) is 19.5 Å². The molecule has 1 aliphatic carbocycles. The van der Waals surface area contributed by atoms with E-state index in [0.717, 1.165) is 38.0 Å². The van der Waals surface area contributed by atoms with Gasteiger partial charge in [0.2, 0.25) is 11.8 Å². The van der Waals surface area contributed by atoms with E-state index in [2.05, 4.69) is 17.4 Å². The van der Waals surface area contributed by atoms with E-state index in [1.54, 1.807) is 4.90 Å². The molecular weight excluding hydrogens is 304 g/mol. The molecule has 24 heavy (non-hydrogen) atoms. The number of nitrogens with one attached hydrogen (secondary N) is 1. The number of benzene rings is 1. The highest BCUT2D eigenvalue weighted by atomic mass is 16.5. The van der Waals surface area contributed by atoms with Crippen LogP contribution in [0, 0.1) is 5.92 Å². The Morgan fingerprint density at radius 1 is 1.25 bits per heavy atom. The molecule has 4 rings (SSSR count). The number of nitrogens with zero attached hydrogens (tertiary/aromatic N) is 1. The molecule has 1 aromatic carbocycles. The van der Waals surface area contributed by atoms with Crippen molar-refractivity contribution in [3.05, 3.63) is 29.3 Å². The first-order valence-corrected chi connectivity index (χ1v) is 9.02. The molecule has 0 bridgehead atoms. The summed E-state index contributed by atoms with van der Waals surface area (Å²) < 4.78 is 5.53. The maximum absolute atomic E-state index is 12.4. The highest BCUT2D eigenvalue weighted by Gasteiger charge is 2.35. The molecule has 0 unspecified atom stereocenters. The van der Waals surface area contributed by atoms with Crippen LogP contribution in [-0.4, -0.2) is 37.6 Å². The van der Waals surface area contributed by atoms with Gasteiger partial charge in [-0.05, 0) is 55.4 Å². The number of carbonyl (C=O) groups excluding carboxylic acids is 2. The quantitative estimate of drug-likeness (QED) is 0.917. The van der Waals surface area contributed by atoms with E-state index in [9.17, 15) is 9.59 Å². The lowest BCUT2D eigenvalue weighted by atomic mass is 10.1. The number of ether oxygens (including phenoxy) is 1. The topological polar surface area (TPSA) is 58.6 Å². The summed E-state index contributed by atoms with van der Waals surface area (Å²) in [6.07, 6.45) is 5.93. The van der Waals surface area contributed by atoms with Crippen LogP contribution in [0.2, 0.25) is 0 Å². The molecule has 2 aliphatic heterocycles. The van der Waals surface area contributed by atoms with Crippen LogP contribution < -0.4 is 10.2 Å². The van der Waals surface area contributed by atoms with Crippen LogP contribution >= 0.6 is 0 Å². The van der Waals surface area contributed by atoms with Crippen LogP contribution in [-0.2, 0) is 27.2 Å². The maximum atomic E-state index is 12.4. The third kappa shape index (κ3) is 3.05. The van der Waals surface area contributed by atoms with E-state index < -0.39 is 0 Å². The number of anilines is 1. The van der Waals surface area contributed by atoms with Gasteiger partial charge in [0.05, 0.1) is 12.0 Å². The molecule has 0 aromatic heterocycles. The molecule has 0 radical (unpaired) electrons. The minimum Gasteiger partial charge on any atom is -0.376 e. The minimum atomic E-state index is -0.257. The summed E-state index contributed by atoms with van der Waals surface area (Å²) in [5.74, 6) is -0.236. The van der Waals surface area contributed by atoms with Crippen molar-refractivity contribution < 1.29 is 14.3 Å². The van der Waals surface area contributed by atoms with Gasteiger partial charge in [-0.15, -0.1) is 0 Å². The van der Waals surface area contributed by atoms with Gasteiger partial charge in [0.25, 0.3) is 0 Å². The van der Waals surface area contributed by atoms with Gasteiger partial charge >= 0.3 is 0 Å². The highest BCUT2D eigenvalue weighted by molar-refractivity contribution is 6.00. The fraction of sp³-hybridized carbons (Fsp3) is 0.579. The van der Waals surface area contributed by atoms with Crippen molar-refractivity contribution >= 4 is 17.5 Å². The zero-order valence-corrected chi connectivity index (χ0v) is 13.9. The van der Waals surface area contributed by atoms with Gasteiger partial charge in [-0.2, -0.15) is 0 Å². The summed E-state index contributed by atoms with van der Waals surface area (Å²) in [7, 11) is 0. The molecule has 5 heteroatoms. The van der Waals surface area contributed by atoms with Crippen molar-refractivity contribution in [3.63, 3.8) is 0 Å². The fourth-order valence-corrected chi connectivity index (χ4v) is 4.02. The number of amides is 2. The second-order valence-corrected chi connectivity index (χ2v) is 7.09. The van der Waals surface area contributed by atoms with Gasteiger partial charge in [-0.25, -0.2) is 0 Å². The average molecular weight is 328 g/mol. The third-order valence-electron chi connectivity index (χ3n) is 5.42. The summed E-state index contributed by atoms with van der Waals surface area (Å²) in [4.78, 5) is 26.5. The Labute approximate surface area is 142 Å². The SMILES string of the molecule is O=C(NC[C@@H]1CCCO1)[C@@H]1CC(=O)N(c2ccc3c(c2)CCC3)C1. The lowest BCUT2D eigenvalue weighted by molar-refractivity contribution is -0.126. The van der Waals surface area contributed by atoms with Gasteiger partial charge in [0.1, 0.15) is 0 Å². The van der Waals surface area contributed by atoms with E-state index in [1.807, 2.05) is 6.07 Å². The number of hydrogen-bond donors (Lipinski definition) is 1.